The van der Waals surface area contributed by atoms with Crippen LogP contribution in [0, 0.1) is 5.82 Å². The van der Waals surface area contributed by atoms with Gasteiger partial charge in [0.05, 0.1) is 30.8 Å². The van der Waals surface area contributed by atoms with E-state index in [-0.39, 0.29) is 31.3 Å². The summed E-state index contributed by atoms with van der Waals surface area (Å²) < 4.78 is 44.0. The van der Waals surface area contributed by atoms with E-state index < -0.39 is 21.9 Å². The first-order chi connectivity index (χ1) is 8.55. The van der Waals surface area contributed by atoms with Gasteiger partial charge in [0.1, 0.15) is 5.82 Å². The summed E-state index contributed by atoms with van der Waals surface area (Å²) in [6, 6.07) is 4.21. The number of aliphatic hydroxyl groups excluding tert-OH is 1. The van der Waals surface area contributed by atoms with Crippen molar-refractivity contribution in [3.63, 3.8) is 0 Å². The molecule has 0 bridgehead atoms. The second kappa shape index (κ2) is 5.31. The van der Waals surface area contributed by atoms with Gasteiger partial charge in [0.25, 0.3) is 0 Å². The monoisotopic (exact) mass is 275 g/mol. The zero-order chi connectivity index (χ0) is 13.2. The van der Waals surface area contributed by atoms with Crippen LogP contribution in [0.4, 0.5) is 4.39 Å². The maximum atomic E-state index is 13.1. The molecule has 1 unspecified atom stereocenters. The highest BCUT2D eigenvalue weighted by Crippen LogP contribution is 2.20. The highest BCUT2D eigenvalue weighted by atomic mass is 32.2. The van der Waals surface area contributed by atoms with Gasteiger partial charge in [-0.05, 0) is 18.2 Å². The maximum Gasteiger partial charge on any atom is 0.243 e. The Morgan fingerprint density at radius 2 is 2.28 bits per heavy atom. The molecule has 0 aromatic heterocycles. The van der Waals surface area contributed by atoms with Gasteiger partial charge >= 0.3 is 0 Å². The zero-order valence-electron chi connectivity index (χ0n) is 9.62. The van der Waals surface area contributed by atoms with E-state index >= 15 is 0 Å². The first-order valence-corrected chi connectivity index (χ1v) is 6.95. The van der Waals surface area contributed by atoms with E-state index in [9.17, 15) is 12.8 Å². The number of hydrogen-bond acceptors (Lipinski definition) is 4. The quantitative estimate of drug-likeness (QED) is 0.856. The van der Waals surface area contributed by atoms with Crippen molar-refractivity contribution in [2.45, 2.75) is 10.9 Å². The minimum atomic E-state index is -3.79. The van der Waals surface area contributed by atoms with Crippen LogP contribution in [-0.2, 0) is 14.8 Å². The summed E-state index contributed by atoms with van der Waals surface area (Å²) >= 11 is 0. The van der Waals surface area contributed by atoms with Gasteiger partial charge in [0.15, 0.2) is 0 Å². The zero-order valence-corrected chi connectivity index (χ0v) is 10.4. The van der Waals surface area contributed by atoms with E-state index in [1.165, 1.54) is 18.2 Å². The molecule has 1 aromatic carbocycles. The molecular weight excluding hydrogens is 261 g/mol. The number of hydrogen-bond donors (Lipinski definition) is 1. The Morgan fingerprint density at radius 3 is 2.94 bits per heavy atom. The molecule has 7 heteroatoms. The van der Waals surface area contributed by atoms with Gasteiger partial charge in [-0.3, -0.25) is 0 Å². The number of nitrogens with zero attached hydrogens (tertiary/aromatic N) is 1. The topological polar surface area (TPSA) is 66.8 Å². The Morgan fingerprint density at radius 1 is 1.50 bits per heavy atom. The molecule has 1 fully saturated rings. The molecule has 0 radical (unpaired) electrons. The highest BCUT2D eigenvalue weighted by Gasteiger charge is 2.33. The molecule has 100 valence electrons. The third-order valence-corrected chi connectivity index (χ3v) is 4.73. The van der Waals surface area contributed by atoms with E-state index in [4.69, 9.17) is 9.84 Å². The van der Waals surface area contributed by atoms with Crippen LogP contribution in [0.15, 0.2) is 29.2 Å². The van der Waals surface area contributed by atoms with Crippen molar-refractivity contribution in [2.24, 2.45) is 0 Å². The third kappa shape index (κ3) is 2.54. The van der Waals surface area contributed by atoms with Crippen LogP contribution < -0.4 is 0 Å². The van der Waals surface area contributed by atoms with Crippen LogP contribution in [-0.4, -0.2) is 50.2 Å². The van der Waals surface area contributed by atoms with Crippen LogP contribution in [0.5, 0.6) is 0 Å². The fourth-order valence-corrected chi connectivity index (χ4v) is 3.48. The van der Waals surface area contributed by atoms with E-state index in [1.54, 1.807) is 0 Å². The number of rotatable bonds is 3. The summed E-state index contributed by atoms with van der Waals surface area (Å²) in [5.41, 5.74) is 0. The Labute approximate surface area is 105 Å². The molecule has 0 amide bonds. The molecule has 0 saturated carbocycles. The molecule has 0 spiro atoms. The molecule has 2 rings (SSSR count). The van der Waals surface area contributed by atoms with Gasteiger partial charge in [-0.2, -0.15) is 4.31 Å². The number of halogens is 1. The van der Waals surface area contributed by atoms with Crippen molar-refractivity contribution < 1.29 is 22.7 Å². The van der Waals surface area contributed by atoms with Gasteiger partial charge in [-0.15, -0.1) is 0 Å². The molecule has 1 atom stereocenters. The summed E-state index contributed by atoms with van der Waals surface area (Å²) in [4.78, 5) is -0.108. The predicted octanol–water partition coefficient (Wildman–Crippen LogP) is 0.208. The van der Waals surface area contributed by atoms with Crippen LogP contribution >= 0.6 is 0 Å². The molecular formula is C11H14FNO4S. The second-order valence-corrected chi connectivity index (χ2v) is 5.87. The molecule has 1 N–H and O–H groups in total. The third-order valence-electron chi connectivity index (χ3n) is 2.79. The van der Waals surface area contributed by atoms with Gasteiger partial charge in [0.2, 0.25) is 10.0 Å². The van der Waals surface area contributed by atoms with Gasteiger partial charge < -0.3 is 9.84 Å². The SMILES string of the molecule is O=S(=O)(c1cccc(F)c1)N1CCOCC1CO. The fraction of sp³-hybridized carbons (Fsp3) is 0.455. The smallest absolute Gasteiger partial charge is 0.243 e. The number of benzene rings is 1. The van der Waals surface area contributed by atoms with Crippen molar-refractivity contribution in [1.29, 1.82) is 0 Å². The van der Waals surface area contributed by atoms with Crippen molar-refractivity contribution in [1.82, 2.24) is 4.31 Å². The fourth-order valence-electron chi connectivity index (χ4n) is 1.86. The van der Waals surface area contributed by atoms with Crippen molar-refractivity contribution in [3.05, 3.63) is 30.1 Å². The lowest BCUT2D eigenvalue weighted by molar-refractivity contribution is 0.0109. The Kier molecular flexibility index (Phi) is 3.96. The highest BCUT2D eigenvalue weighted by molar-refractivity contribution is 7.89. The summed E-state index contributed by atoms with van der Waals surface area (Å²) in [6.45, 7) is 0.245. The van der Waals surface area contributed by atoms with E-state index in [1.807, 2.05) is 0 Å². The van der Waals surface area contributed by atoms with E-state index in [0.717, 1.165) is 10.4 Å². The van der Waals surface area contributed by atoms with Crippen molar-refractivity contribution in [3.8, 4) is 0 Å². The standard InChI is InChI=1S/C11H14FNO4S/c12-9-2-1-3-11(6-9)18(15,16)13-4-5-17-8-10(13)7-14/h1-3,6,10,14H,4-5,7-8H2. The largest absolute Gasteiger partial charge is 0.395 e. The summed E-state index contributed by atoms with van der Waals surface area (Å²) in [5.74, 6) is -0.607. The number of sulfonamides is 1. The summed E-state index contributed by atoms with van der Waals surface area (Å²) in [6.07, 6.45) is 0. The lowest BCUT2D eigenvalue weighted by Gasteiger charge is -2.33. The van der Waals surface area contributed by atoms with Crippen molar-refractivity contribution in [2.75, 3.05) is 26.4 Å². The normalized spacial score (nSPS) is 22.0. The summed E-state index contributed by atoms with van der Waals surface area (Å²) in [7, 11) is -3.79. The second-order valence-electron chi connectivity index (χ2n) is 3.98. The molecule has 1 saturated heterocycles. The molecule has 0 aliphatic carbocycles. The Balaban J connectivity index is 2.35. The Hall–Kier alpha value is -1.02. The van der Waals surface area contributed by atoms with Gasteiger partial charge in [-0.25, -0.2) is 12.8 Å². The van der Waals surface area contributed by atoms with Crippen LogP contribution in [0.2, 0.25) is 0 Å². The minimum Gasteiger partial charge on any atom is -0.395 e. The Bertz CT molecular complexity index is 520. The van der Waals surface area contributed by atoms with Gasteiger partial charge in [-0.1, -0.05) is 6.07 Å². The number of ether oxygens (including phenoxy) is 1. The average molecular weight is 275 g/mol. The molecule has 1 aromatic rings. The first-order valence-electron chi connectivity index (χ1n) is 5.51. The molecule has 5 nitrogen and oxygen atoms in total. The van der Waals surface area contributed by atoms with Crippen molar-refractivity contribution >= 4 is 10.0 Å². The summed E-state index contributed by atoms with van der Waals surface area (Å²) in [5, 5.41) is 9.17. The minimum absolute atomic E-state index is 0.108. The molecule has 1 aliphatic heterocycles. The van der Waals surface area contributed by atoms with E-state index in [0.29, 0.717) is 0 Å². The van der Waals surface area contributed by atoms with Gasteiger partial charge in [0, 0.05) is 6.54 Å². The number of morpholine rings is 1. The van der Waals surface area contributed by atoms with Crippen LogP contribution in [0.1, 0.15) is 0 Å². The van der Waals surface area contributed by atoms with Crippen LogP contribution in [0.3, 0.4) is 0 Å². The average Bonchev–Trinajstić information content (AvgIpc) is 2.38. The van der Waals surface area contributed by atoms with Crippen LogP contribution in [0.25, 0.3) is 0 Å². The number of aliphatic hydroxyl groups is 1. The van der Waals surface area contributed by atoms with E-state index in [2.05, 4.69) is 0 Å². The molecule has 1 aliphatic rings. The maximum absolute atomic E-state index is 13.1. The molecule has 1 heterocycles. The lowest BCUT2D eigenvalue weighted by Crippen LogP contribution is -2.50. The first kappa shape index (κ1) is 13.4. The predicted molar refractivity (Wildman–Crippen MR) is 62.0 cm³/mol. The lowest BCUT2D eigenvalue weighted by atomic mass is 10.3. The molecule has 18 heavy (non-hydrogen) atoms.